The molecule has 1 nitrogen and oxygen atoms in total. The first-order valence-electron chi connectivity index (χ1n) is 12.5. The Morgan fingerprint density at radius 3 is 2.50 bits per heavy atom. The van der Waals surface area contributed by atoms with E-state index in [-0.39, 0.29) is 0 Å². The van der Waals surface area contributed by atoms with Gasteiger partial charge in [-0.25, -0.2) is 0 Å². The minimum atomic E-state index is 0.332. The van der Waals surface area contributed by atoms with Gasteiger partial charge in [-0.05, 0) is 97.4 Å². The molecule has 3 fully saturated rings. The predicted molar refractivity (Wildman–Crippen MR) is 118 cm³/mol. The van der Waals surface area contributed by atoms with Crippen molar-refractivity contribution in [3.63, 3.8) is 0 Å². The van der Waals surface area contributed by atoms with E-state index in [1.165, 1.54) is 63.4 Å². The van der Waals surface area contributed by atoms with E-state index in [1.807, 2.05) is 0 Å². The largest absolute Gasteiger partial charge is 0.295 e. The summed E-state index contributed by atoms with van der Waals surface area (Å²) >= 11 is 0. The van der Waals surface area contributed by atoms with E-state index >= 15 is 0 Å². The highest BCUT2D eigenvalue weighted by Crippen LogP contribution is 2.67. The average molecular weight is 385 g/mol. The van der Waals surface area contributed by atoms with Crippen molar-refractivity contribution in [3.05, 3.63) is 11.6 Å². The van der Waals surface area contributed by atoms with E-state index in [1.54, 1.807) is 0 Å². The molecule has 0 aliphatic heterocycles. The third-order valence-electron chi connectivity index (χ3n) is 10.2. The van der Waals surface area contributed by atoms with Gasteiger partial charge in [-0.3, -0.25) is 4.79 Å². The predicted octanol–water partition coefficient (Wildman–Crippen LogP) is 7.60. The zero-order valence-electron chi connectivity index (χ0n) is 19.2. The van der Waals surface area contributed by atoms with E-state index in [0.717, 1.165) is 48.3 Å². The fourth-order valence-corrected chi connectivity index (χ4v) is 8.58. The topological polar surface area (TPSA) is 17.1 Å². The first-order valence-corrected chi connectivity index (χ1v) is 12.5. The molecule has 7 unspecified atom stereocenters. The molecule has 0 N–H and O–H groups in total. The van der Waals surface area contributed by atoms with E-state index in [0.29, 0.717) is 16.6 Å². The fourth-order valence-electron chi connectivity index (χ4n) is 8.58. The summed E-state index contributed by atoms with van der Waals surface area (Å²) in [6, 6.07) is 0. The summed E-state index contributed by atoms with van der Waals surface area (Å²) in [5, 5.41) is 0. The number of allylic oxidation sites excluding steroid dienone is 1. The molecule has 0 heterocycles. The van der Waals surface area contributed by atoms with Crippen LogP contribution in [-0.4, -0.2) is 5.78 Å². The highest BCUT2D eigenvalue weighted by Gasteiger charge is 2.59. The summed E-state index contributed by atoms with van der Waals surface area (Å²) < 4.78 is 0. The second-order valence-electron chi connectivity index (χ2n) is 12.0. The third-order valence-corrected chi connectivity index (χ3v) is 10.2. The number of carbonyl (C=O) groups excluding carboxylic acids is 1. The van der Waals surface area contributed by atoms with Crippen LogP contribution in [0.15, 0.2) is 11.6 Å². The second-order valence-corrected chi connectivity index (χ2v) is 12.0. The average Bonchev–Trinajstić information content (AvgIpc) is 2.99. The quantitative estimate of drug-likeness (QED) is 0.477. The zero-order chi connectivity index (χ0) is 20.1. The van der Waals surface area contributed by atoms with Gasteiger partial charge in [0.05, 0.1) is 0 Å². The van der Waals surface area contributed by atoms with Crippen LogP contribution in [0.5, 0.6) is 0 Å². The lowest BCUT2D eigenvalue weighted by Gasteiger charge is -2.58. The summed E-state index contributed by atoms with van der Waals surface area (Å²) in [5.74, 6) is 5.79. The molecule has 3 saturated carbocycles. The molecule has 7 atom stereocenters. The molecule has 0 saturated heterocycles. The standard InChI is InChI=1S/C27H44O/c1-18(2)7-6-8-19(3)23-11-12-24-22-10-9-20-17-21(28)13-15-26(20,4)25(22)14-16-27(23,24)5/h17-19,22-25H,6-16H2,1-5H3. The van der Waals surface area contributed by atoms with Gasteiger partial charge in [0.2, 0.25) is 0 Å². The Balaban J connectivity index is 1.49. The summed E-state index contributed by atoms with van der Waals surface area (Å²) in [6.45, 7) is 12.5. The van der Waals surface area contributed by atoms with Crippen molar-refractivity contribution in [2.75, 3.05) is 0 Å². The molecule has 0 radical (unpaired) electrons. The maximum absolute atomic E-state index is 12.0. The van der Waals surface area contributed by atoms with Gasteiger partial charge < -0.3 is 0 Å². The van der Waals surface area contributed by atoms with Crippen LogP contribution in [0.4, 0.5) is 0 Å². The van der Waals surface area contributed by atoms with Crippen LogP contribution in [0.3, 0.4) is 0 Å². The Bertz CT molecular complexity index is 630. The number of hydrogen-bond acceptors (Lipinski definition) is 1. The molecule has 0 aromatic carbocycles. The third kappa shape index (κ3) is 3.33. The highest BCUT2D eigenvalue weighted by atomic mass is 16.1. The molecule has 158 valence electrons. The smallest absolute Gasteiger partial charge is 0.155 e. The molecular formula is C27H44O. The maximum Gasteiger partial charge on any atom is 0.155 e. The first-order chi connectivity index (χ1) is 13.3. The monoisotopic (exact) mass is 384 g/mol. The normalized spacial score (nSPS) is 43.9. The Morgan fingerprint density at radius 2 is 1.75 bits per heavy atom. The van der Waals surface area contributed by atoms with Crippen molar-refractivity contribution in [1.29, 1.82) is 0 Å². The van der Waals surface area contributed by atoms with Crippen molar-refractivity contribution < 1.29 is 4.79 Å². The Morgan fingerprint density at radius 1 is 0.964 bits per heavy atom. The Labute approximate surface area is 174 Å². The van der Waals surface area contributed by atoms with E-state index in [4.69, 9.17) is 0 Å². The highest BCUT2D eigenvalue weighted by molar-refractivity contribution is 5.91. The van der Waals surface area contributed by atoms with Gasteiger partial charge in [0.1, 0.15) is 0 Å². The fraction of sp³-hybridized carbons (Fsp3) is 0.889. The molecule has 0 aromatic heterocycles. The van der Waals surface area contributed by atoms with Crippen molar-refractivity contribution in [1.82, 2.24) is 0 Å². The maximum atomic E-state index is 12.0. The lowest BCUT2D eigenvalue weighted by atomic mass is 9.46. The van der Waals surface area contributed by atoms with Crippen LogP contribution in [0.25, 0.3) is 0 Å². The van der Waals surface area contributed by atoms with Gasteiger partial charge in [0, 0.05) is 6.42 Å². The number of ketones is 1. The minimum absolute atomic E-state index is 0.332. The number of rotatable bonds is 5. The molecule has 4 rings (SSSR count). The Hall–Kier alpha value is -0.590. The van der Waals surface area contributed by atoms with E-state index < -0.39 is 0 Å². The van der Waals surface area contributed by atoms with Crippen LogP contribution < -0.4 is 0 Å². The molecule has 0 aromatic rings. The van der Waals surface area contributed by atoms with Gasteiger partial charge in [-0.1, -0.05) is 59.5 Å². The molecule has 28 heavy (non-hydrogen) atoms. The zero-order valence-corrected chi connectivity index (χ0v) is 19.2. The van der Waals surface area contributed by atoms with Crippen LogP contribution in [0, 0.1) is 46.3 Å². The molecule has 0 spiro atoms. The van der Waals surface area contributed by atoms with Gasteiger partial charge in [-0.2, -0.15) is 0 Å². The van der Waals surface area contributed by atoms with Crippen LogP contribution >= 0.6 is 0 Å². The first kappa shape index (κ1) is 20.7. The minimum Gasteiger partial charge on any atom is -0.295 e. The van der Waals surface area contributed by atoms with E-state index in [9.17, 15) is 4.79 Å². The second kappa shape index (κ2) is 7.59. The summed E-state index contributed by atoms with van der Waals surface area (Å²) in [5.41, 5.74) is 2.43. The molecule has 0 bridgehead atoms. The van der Waals surface area contributed by atoms with Crippen molar-refractivity contribution >= 4 is 5.78 Å². The molecular weight excluding hydrogens is 340 g/mol. The van der Waals surface area contributed by atoms with Crippen molar-refractivity contribution in [2.45, 2.75) is 105 Å². The van der Waals surface area contributed by atoms with Gasteiger partial charge in [-0.15, -0.1) is 0 Å². The van der Waals surface area contributed by atoms with Crippen LogP contribution in [0.2, 0.25) is 0 Å². The molecule has 4 aliphatic carbocycles. The number of hydrogen-bond donors (Lipinski definition) is 0. The van der Waals surface area contributed by atoms with Gasteiger partial charge in [0.15, 0.2) is 5.78 Å². The lowest BCUT2D eigenvalue weighted by molar-refractivity contribution is -0.117. The van der Waals surface area contributed by atoms with Crippen molar-refractivity contribution in [2.24, 2.45) is 46.3 Å². The lowest BCUT2D eigenvalue weighted by Crippen LogP contribution is -2.50. The molecule has 1 heteroatoms. The summed E-state index contributed by atoms with van der Waals surface area (Å²) in [7, 11) is 0. The van der Waals surface area contributed by atoms with Crippen LogP contribution in [0.1, 0.15) is 105 Å². The van der Waals surface area contributed by atoms with Gasteiger partial charge in [0.25, 0.3) is 0 Å². The van der Waals surface area contributed by atoms with Crippen LogP contribution in [-0.2, 0) is 4.79 Å². The summed E-state index contributed by atoms with van der Waals surface area (Å²) in [6.07, 6.45) is 16.6. The number of fused-ring (bicyclic) bond motifs is 5. The summed E-state index contributed by atoms with van der Waals surface area (Å²) in [4.78, 5) is 12.0. The molecule has 4 aliphatic rings. The van der Waals surface area contributed by atoms with Crippen molar-refractivity contribution in [3.8, 4) is 0 Å². The number of carbonyl (C=O) groups is 1. The van der Waals surface area contributed by atoms with E-state index in [2.05, 4.69) is 40.7 Å². The molecule has 0 amide bonds. The SMILES string of the molecule is CC(C)CCCC(C)C1CCC2C3CCC4=CC(=O)CCC4(C)C3CCC12C. The van der Waals surface area contributed by atoms with Gasteiger partial charge >= 0.3 is 0 Å². The Kier molecular flexibility index (Phi) is 5.60.